The largest absolute Gasteiger partial charge is 0.490 e. The molecule has 2 heterocycles. The lowest BCUT2D eigenvalue weighted by Gasteiger charge is -2.36. The Morgan fingerprint density at radius 3 is 2.07 bits per heavy atom. The van der Waals surface area contributed by atoms with E-state index in [9.17, 15) is 22.8 Å². The van der Waals surface area contributed by atoms with Gasteiger partial charge < -0.3 is 30.3 Å². The van der Waals surface area contributed by atoms with E-state index in [2.05, 4.69) is 27.9 Å². The predicted molar refractivity (Wildman–Crippen MR) is 167 cm³/mol. The Labute approximate surface area is 261 Å². The van der Waals surface area contributed by atoms with Gasteiger partial charge in [0.05, 0.1) is 0 Å². The molecule has 0 spiro atoms. The fraction of sp³-hybridized carbons (Fsp3) is 0.412. The van der Waals surface area contributed by atoms with Gasteiger partial charge in [0.25, 0.3) is 5.91 Å². The minimum absolute atomic E-state index is 0.00972. The van der Waals surface area contributed by atoms with Crippen molar-refractivity contribution in [3.8, 4) is 17.2 Å². The third-order valence-electron chi connectivity index (χ3n) is 8.68. The number of alkyl halides is 3. The van der Waals surface area contributed by atoms with Gasteiger partial charge in [0.15, 0.2) is 0 Å². The second-order valence-electron chi connectivity index (χ2n) is 11.7. The number of carbonyl (C=O) groups excluding carboxylic acids is 2. The minimum Gasteiger partial charge on any atom is -0.490 e. The second kappa shape index (κ2) is 13.8. The van der Waals surface area contributed by atoms with E-state index in [1.54, 1.807) is 36.4 Å². The first-order chi connectivity index (χ1) is 21.5. The summed E-state index contributed by atoms with van der Waals surface area (Å²) in [6.45, 7) is 3.83. The van der Waals surface area contributed by atoms with Crippen LogP contribution in [0.5, 0.6) is 17.2 Å². The Morgan fingerprint density at radius 1 is 0.867 bits per heavy atom. The smallest absolute Gasteiger partial charge is 0.420 e. The van der Waals surface area contributed by atoms with Gasteiger partial charge in [-0.05, 0) is 112 Å². The van der Waals surface area contributed by atoms with Crippen LogP contribution in [0.25, 0.3) is 0 Å². The maximum absolute atomic E-state index is 13.9. The van der Waals surface area contributed by atoms with Crippen molar-refractivity contribution < 1.29 is 32.2 Å². The number of amides is 3. The van der Waals surface area contributed by atoms with E-state index in [0.717, 1.165) is 30.7 Å². The Bertz CT molecular complexity index is 1460. The third kappa shape index (κ3) is 8.08. The van der Waals surface area contributed by atoms with Crippen molar-refractivity contribution in [2.75, 3.05) is 17.7 Å². The number of nitrogens with zero attached hydrogens (tertiary/aromatic N) is 1. The molecule has 240 valence electrons. The van der Waals surface area contributed by atoms with Gasteiger partial charge in [0.1, 0.15) is 28.9 Å². The molecule has 0 radical (unpaired) electrons. The molecular formula is C34H39F3N4O4. The molecule has 5 rings (SSSR count). The second-order valence-corrected chi connectivity index (χ2v) is 11.7. The average molecular weight is 625 g/mol. The topological polar surface area (TPSA) is 91.9 Å². The normalized spacial score (nSPS) is 19.7. The zero-order valence-electron chi connectivity index (χ0n) is 25.6. The number of hydrogen-bond donors (Lipinski definition) is 3. The van der Waals surface area contributed by atoms with Crippen LogP contribution >= 0.6 is 0 Å². The summed E-state index contributed by atoms with van der Waals surface area (Å²) in [5.74, 6) is 0.132. The molecule has 0 aliphatic carbocycles. The standard InChI is InChI=1S/C34H39F3N4O4/c1-4-22(5-2)39-33(43)40-24-10-17-31(30(18-24)34(35,36)37)45-28-15-8-23(9-16-28)38-32(42)21-6-13-27(14-7-21)44-29-19-25-11-12-26(20-29)41(25)3/h6-10,13-18,22,25-26,29H,4-5,11-12,19-20H2,1-3H3,(H,38,42)(H2,39,40,43). The zero-order chi connectivity index (χ0) is 32.1. The molecular weight excluding hydrogens is 585 g/mol. The van der Waals surface area contributed by atoms with Crippen LogP contribution in [0.2, 0.25) is 0 Å². The fourth-order valence-corrected chi connectivity index (χ4v) is 6.04. The number of carbonyl (C=O) groups is 2. The summed E-state index contributed by atoms with van der Waals surface area (Å²) in [5.41, 5.74) is -0.142. The van der Waals surface area contributed by atoms with Crippen molar-refractivity contribution in [3.05, 3.63) is 77.9 Å². The average Bonchev–Trinajstić information content (AvgIpc) is 3.20. The van der Waals surface area contributed by atoms with E-state index in [1.165, 1.54) is 31.0 Å². The van der Waals surface area contributed by atoms with Crippen molar-refractivity contribution in [3.63, 3.8) is 0 Å². The highest BCUT2D eigenvalue weighted by molar-refractivity contribution is 6.04. The molecule has 45 heavy (non-hydrogen) atoms. The van der Waals surface area contributed by atoms with E-state index < -0.39 is 23.5 Å². The number of nitrogens with one attached hydrogen (secondary N) is 3. The van der Waals surface area contributed by atoms with Crippen molar-refractivity contribution in [2.45, 2.75) is 82.8 Å². The molecule has 3 aromatic rings. The summed E-state index contributed by atoms with van der Waals surface area (Å²) in [6.07, 6.45) is 1.30. The lowest BCUT2D eigenvalue weighted by molar-refractivity contribution is -0.138. The number of anilines is 2. The molecule has 11 heteroatoms. The van der Waals surface area contributed by atoms with E-state index in [-0.39, 0.29) is 29.5 Å². The lowest BCUT2D eigenvalue weighted by atomic mass is 10.0. The van der Waals surface area contributed by atoms with E-state index in [0.29, 0.717) is 36.2 Å². The molecule has 2 aliphatic rings. The van der Waals surface area contributed by atoms with Crippen LogP contribution in [0.15, 0.2) is 66.7 Å². The van der Waals surface area contributed by atoms with Gasteiger partial charge >= 0.3 is 12.2 Å². The van der Waals surface area contributed by atoms with Crippen LogP contribution in [0.3, 0.4) is 0 Å². The molecule has 8 nitrogen and oxygen atoms in total. The van der Waals surface area contributed by atoms with Crippen LogP contribution in [-0.2, 0) is 6.18 Å². The summed E-state index contributed by atoms with van der Waals surface area (Å²) >= 11 is 0. The molecule has 3 aromatic carbocycles. The van der Waals surface area contributed by atoms with Crippen LogP contribution in [-0.4, -0.2) is 48.1 Å². The highest BCUT2D eigenvalue weighted by Gasteiger charge is 2.39. The van der Waals surface area contributed by atoms with E-state index in [1.807, 2.05) is 13.8 Å². The van der Waals surface area contributed by atoms with Gasteiger partial charge in [-0.2, -0.15) is 13.2 Å². The predicted octanol–water partition coefficient (Wildman–Crippen LogP) is 8.06. The van der Waals surface area contributed by atoms with Crippen LogP contribution in [0.4, 0.5) is 29.3 Å². The number of piperidine rings is 1. The monoisotopic (exact) mass is 624 g/mol. The summed E-state index contributed by atoms with van der Waals surface area (Å²) < 4.78 is 53.4. The van der Waals surface area contributed by atoms with Crippen LogP contribution < -0.4 is 25.4 Å². The van der Waals surface area contributed by atoms with Crippen molar-refractivity contribution >= 4 is 23.3 Å². The summed E-state index contributed by atoms with van der Waals surface area (Å²) in [7, 11) is 2.19. The van der Waals surface area contributed by atoms with Crippen molar-refractivity contribution in [1.29, 1.82) is 0 Å². The van der Waals surface area contributed by atoms with E-state index in [4.69, 9.17) is 9.47 Å². The number of benzene rings is 3. The first kappa shape index (κ1) is 32.2. The zero-order valence-corrected chi connectivity index (χ0v) is 25.6. The number of urea groups is 1. The Kier molecular flexibility index (Phi) is 9.86. The summed E-state index contributed by atoms with van der Waals surface area (Å²) in [6, 6.07) is 16.9. The number of fused-ring (bicyclic) bond motifs is 2. The molecule has 2 fully saturated rings. The molecule has 2 atom stereocenters. The van der Waals surface area contributed by atoms with Gasteiger partial charge in [-0.25, -0.2) is 4.79 Å². The first-order valence-electron chi connectivity index (χ1n) is 15.4. The lowest BCUT2D eigenvalue weighted by Crippen LogP contribution is -2.43. The highest BCUT2D eigenvalue weighted by atomic mass is 19.4. The van der Waals surface area contributed by atoms with Crippen LogP contribution in [0.1, 0.15) is 68.3 Å². The SMILES string of the molecule is CCC(CC)NC(=O)Nc1ccc(Oc2ccc(NC(=O)c3ccc(OC4CC5CCC(C4)N5C)cc3)cc2)c(C(F)(F)F)c1. The molecule has 3 amide bonds. The first-order valence-corrected chi connectivity index (χ1v) is 15.4. The van der Waals surface area contributed by atoms with Crippen LogP contribution in [0, 0.1) is 0 Å². The number of ether oxygens (including phenoxy) is 2. The van der Waals surface area contributed by atoms with Gasteiger partial charge in [-0.15, -0.1) is 0 Å². The third-order valence-corrected chi connectivity index (χ3v) is 8.68. The molecule has 2 saturated heterocycles. The molecule has 0 aromatic heterocycles. The maximum Gasteiger partial charge on any atom is 0.420 e. The van der Waals surface area contributed by atoms with E-state index >= 15 is 0 Å². The Hall–Kier alpha value is -4.25. The van der Waals surface area contributed by atoms with Crippen molar-refractivity contribution in [2.24, 2.45) is 0 Å². The molecule has 2 unspecified atom stereocenters. The van der Waals surface area contributed by atoms with Crippen molar-refractivity contribution in [1.82, 2.24) is 10.2 Å². The highest BCUT2D eigenvalue weighted by Crippen LogP contribution is 2.40. The fourth-order valence-electron chi connectivity index (χ4n) is 6.04. The quantitative estimate of drug-likeness (QED) is 0.212. The molecule has 2 aliphatic heterocycles. The van der Waals surface area contributed by atoms with Gasteiger partial charge in [-0.1, -0.05) is 13.8 Å². The molecule has 2 bridgehead atoms. The summed E-state index contributed by atoms with van der Waals surface area (Å²) in [5, 5.41) is 7.98. The Balaban J connectivity index is 1.17. The van der Waals surface area contributed by atoms with Gasteiger partial charge in [0, 0.05) is 35.1 Å². The number of rotatable bonds is 10. The number of hydrogen-bond acceptors (Lipinski definition) is 5. The van der Waals surface area contributed by atoms with Gasteiger partial charge in [-0.3, -0.25) is 4.79 Å². The van der Waals surface area contributed by atoms with Gasteiger partial charge in [0.2, 0.25) is 0 Å². The molecule has 0 saturated carbocycles. The molecule has 3 N–H and O–H groups in total. The maximum atomic E-state index is 13.9. The number of halogens is 3. The summed E-state index contributed by atoms with van der Waals surface area (Å²) in [4.78, 5) is 27.5. The Morgan fingerprint density at radius 2 is 1.47 bits per heavy atom. The minimum atomic E-state index is -4.72.